The molecule has 5 heteroatoms. The fourth-order valence-corrected chi connectivity index (χ4v) is 2.89. The SMILES string of the molecule is CCC1CCCN(C(=O)c2n[nH]c(C(C)C)c2N)CC1. The van der Waals surface area contributed by atoms with Crippen LogP contribution in [0.25, 0.3) is 0 Å². The van der Waals surface area contributed by atoms with Gasteiger partial charge in [-0.25, -0.2) is 0 Å². The highest BCUT2D eigenvalue weighted by atomic mass is 16.2. The van der Waals surface area contributed by atoms with Gasteiger partial charge in [-0.3, -0.25) is 9.89 Å². The van der Waals surface area contributed by atoms with Crippen molar-refractivity contribution in [3.8, 4) is 0 Å². The number of carbonyl (C=O) groups excluding carboxylic acids is 1. The monoisotopic (exact) mass is 278 g/mol. The molecule has 112 valence electrons. The molecule has 1 aliphatic heterocycles. The summed E-state index contributed by atoms with van der Waals surface area (Å²) in [5, 5.41) is 7.05. The smallest absolute Gasteiger partial charge is 0.276 e. The molecule has 0 bridgehead atoms. The molecule has 1 fully saturated rings. The molecule has 1 unspecified atom stereocenters. The lowest BCUT2D eigenvalue weighted by molar-refractivity contribution is 0.0755. The molecule has 0 spiro atoms. The number of likely N-dealkylation sites (tertiary alicyclic amines) is 1. The van der Waals surface area contributed by atoms with Crippen LogP contribution in [-0.2, 0) is 0 Å². The topological polar surface area (TPSA) is 75.0 Å². The lowest BCUT2D eigenvalue weighted by atomic mass is 9.98. The molecule has 1 aliphatic rings. The van der Waals surface area contributed by atoms with Gasteiger partial charge in [0.2, 0.25) is 0 Å². The summed E-state index contributed by atoms with van der Waals surface area (Å²) in [6.07, 6.45) is 4.58. The molecule has 1 atom stereocenters. The summed E-state index contributed by atoms with van der Waals surface area (Å²) in [5.41, 5.74) is 7.83. The van der Waals surface area contributed by atoms with Gasteiger partial charge in [0.05, 0.1) is 11.4 Å². The Bertz CT molecular complexity index is 466. The van der Waals surface area contributed by atoms with Crippen LogP contribution in [0.15, 0.2) is 0 Å². The van der Waals surface area contributed by atoms with Gasteiger partial charge in [-0.05, 0) is 31.1 Å². The summed E-state index contributed by atoms with van der Waals surface area (Å²) in [6, 6.07) is 0. The van der Waals surface area contributed by atoms with Crippen molar-refractivity contribution in [1.29, 1.82) is 0 Å². The van der Waals surface area contributed by atoms with E-state index in [1.807, 2.05) is 18.7 Å². The minimum atomic E-state index is -0.0256. The third-order valence-corrected chi connectivity index (χ3v) is 4.33. The van der Waals surface area contributed by atoms with Crippen LogP contribution in [0.1, 0.15) is 68.6 Å². The van der Waals surface area contributed by atoms with Gasteiger partial charge in [-0.15, -0.1) is 0 Å². The Morgan fingerprint density at radius 1 is 1.45 bits per heavy atom. The third-order valence-electron chi connectivity index (χ3n) is 4.33. The lowest BCUT2D eigenvalue weighted by Gasteiger charge is -2.19. The van der Waals surface area contributed by atoms with E-state index in [0.717, 1.165) is 37.5 Å². The molecule has 0 radical (unpaired) electrons. The number of amides is 1. The number of nitrogens with two attached hydrogens (primary N) is 1. The molecule has 3 N–H and O–H groups in total. The average molecular weight is 278 g/mol. The van der Waals surface area contributed by atoms with E-state index in [-0.39, 0.29) is 11.8 Å². The Morgan fingerprint density at radius 2 is 2.20 bits per heavy atom. The fourth-order valence-electron chi connectivity index (χ4n) is 2.89. The van der Waals surface area contributed by atoms with E-state index in [9.17, 15) is 4.79 Å². The van der Waals surface area contributed by atoms with Gasteiger partial charge in [-0.1, -0.05) is 27.2 Å². The van der Waals surface area contributed by atoms with E-state index in [4.69, 9.17) is 5.73 Å². The molecule has 2 rings (SSSR count). The largest absolute Gasteiger partial charge is 0.395 e. The summed E-state index contributed by atoms with van der Waals surface area (Å²) >= 11 is 0. The van der Waals surface area contributed by atoms with Crippen LogP contribution < -0.4 is 5.73 Å². The van der Waals surface area contributed by atoms with Gasteiger partial charge in [0.15, 0.2) is 5.69 Å². The van der Waals surface area contributed by atoms with Gasteiger partial charge in [-0.2, -0.15) is 5.10 Å². The zero-order chi connectivity index (χ0) is 14.7. The van der Waals surface area contributed by atoms with Crippen molar-refractivity contribution in [3.63, 3.8) is 0 Å². The zero-order valence-corrected chi connectivity index (χ0v) is 12.8. The second-order valence-corrected chi connectivity index (χ2v) is 6.05. The molecule has 0 saturated carbocycles. The van der Waals surface area contributed by atoms with Gasteiger partial charge in [0.1, 0.15) is 0 Å². The van der Waals surface area contributed by atoms with Crippen LogP contribution in [0, 0.1) is 5.92 Å². The van der Waals surface area contributed by atoms with Crippen molar-refractivity contribution in [3.05, 3.63) is 11.4 Å². The van der Waals surface area contributed by atoms with Crippen LogP contribution in [0.3, 0.4) is 0 Å². The number of aromatic amines is 1. The number of nitrogens with zero attached hydrogens (tertiary/aromatic N) is 2. The van der Waals surface area contributed by atoms with E-state index in [1.54, 1.807) is 0 Å². The predicted octanol–water partition coefficient (Wildman–Crippen LogP) is 2.77. The fraction of sp³-hybridized carbons (Fsp3) is 0.733. The lowest BCUT2D eigenvalue weighted by Crippen LogP contribution is -2.32. The molecular formula is C15H26N4O. The second kappa shape index (κ2) is 6.29. The second-order valence-electron chi connectivity index (χ2n) is 6.05. The van der Waals surface area contributed by atoms with Crippen molar-refractivity contribution >= 4 is 11.6 Å². The quantitative estimate of drug-likeness (QED) is 0.892. The normalized spacial score (nSPS) is 20.2. The molecule has 5 nitrogen and oxygen atoms in total. The Labute approximate surface area is 120 Å². The van der Waals surface area contributed by atoms with Crippen molar-refractivity contribution in [1.82, 2.24) is 15.1 Å². The summed E-state index contributed by atoms with van der Waals surface area (Å²) in [5.74, 6) is 0.968. The zero-order valence-electron chi connectivity index (χ0n) is 12.8. The van der Waals surface area contributed by atoms with E-state index in [2.05, 4.69) is 17.1 Å². The maximum atomic E-state index is 12.6. The number of H-pyrrole nitrogens is 1. The van der Waals surface area contributed by atoms with E-state index in [0.29, 0.717) is 11.4 Å². The summed E-state index contributed by atoms with van der Waals surface area (Å²) in [6.45, 7) is 7.94. The molecule has 1 amide bonds. The van der Waals surface area contributed by atoms with Crippen LogP contribution in [-0.4, -0.2) is 34.1 Å². The Morgan fingerprint density at radius 3 is 2.80 bits per heavy atom. The molecule has 2 heterocycles. The highest BCUT2D eigenvalue weighted by Gasteiger charge is 2.25. The van der Waals surface area contributed by atoms with Crippen LogP contribution in [0.5, 0.6) is 0 Å². The van der Waals surface area contributed by atoms with Crippen LogP contribution >= 0.6 is 0 Å². The predicted molar refractivity (Wildman–Crippen MR) is 80.6 cm³/mol. The molecule has 1 saturated heterocycles. The van der Waals surface area contributed by atoms with Crippen LogP contribution in [0.4, 0.5) is 5.69 Å². The first-order chi connectivity index (χ1) is 9.54. The van der Waals surface area contributed by atoms with Crippen molar-refractivity contribution < 1.29 is 4.79 Å². The molecule has 20 heavy (non-hydrogen) atoms. The van der Waals surface area contributed by atoms with Gasteiger partial charge >= 0.3 is 0 Å². The number of aromatic nitrogens is 2. The van der Waals surface area contributed by atoms with E-state index >= 15 is 0 Å². The summed E-state index contributed by atoms with van der Waals surface area (Å²) in [4.78, 5) is 14.5. The molecule has 1 aromatic heterocycles. The highest BCUT2D eigenvalue weighted by Crippen LogP contribution is 2.25. The van der Waals surface area contributed by atoms with Gasteiger partial charge in [0.25, 0.3) is 5.91 Å². The van der Waals surface area contributed by atoms with E-state index in [1.165, 1.54) is 12.8 Å². The van der Waals surface area contributed by atoms with E-state index < -0.39 is 0 Å². The molecule has 0 aromatic carbocycles. The molecular weight excluding hydrogens is 252 g/mol. The first-order valence-corrected chi connectivity index (χ1v) is 7.67. The van der Waals surface area contributed by atoms with Crippen LogP contribution in [0.2, 0.25) is 0 Å². The van der Waals surface area contributed by atoms with Gasteiger partial charge < -0.3 is 10.6 Å². The highest BCUT2D eigenvalue weighted by molar-refractivity contribution is 5.97. The molecule has 0 aliphatic carbocycles. The van der Waals surface area contributed by atoms with Gasteiger partial charge in [0, 0.05) is 13.1 Å². The maximum Gasteiger partial charge on any atom is 0.276 e. The van der Waals surface area contributed by atoms with Crippen molar-refractivity contribution in [2.45, 2.75) is 52.4 Å². The maximum absolute atomic E-state index is 12.6. The third kappa shape index (κ3) is 2.97. The van der Waals surface area contributed by atoms with Crippen molar-refractivity contribution in [2.24, 2.45) is 5.92 Å². The summed E-state index contributed by atoms with van der Waals surface area (Å²) < 4.78 is 0. The number of rotatable bonds is 3. The first kappa shape index (κ1) is 14.9. The molecule has 1 aromatic rings. The minimum absolute atomic E-state index is 0.0256. The number of nitrogens with one attached hydrogen (secondary N) is 1. The Kier molecular flexibility index (Phi) is 4.68. The number of carbonyl (C=O) groups is 1. The summed E-state index contributed by atoms with van der Waals surface area (Å²) in [7, 11) is 0. The first-order valence-electron chi connectivity index (χ1n) is 7.67. The number of hydrogen-bond acceptors (Lipinski definition) is 3. The average Bonchev–Trinajstić information content (AvgIpc) is 2.66. The Hall–Kier alpha value is -1.52. The van der Waals surface area contributed by atoms with Crippen molar-refractivity contribution in [2.75, 3.05) is 18.8 Å². The standard InChI is InChI=1S/C15H26N4O/c1-4-11-6-5-8-19(9-7-11)15(20)14-12(16)13(10(2)3)17-18-14/h10-11H,4-9,16H2,1-3H3,(H,17,18). The number of anilines is 1. The Balaban J connectivity index is 2.11. The number of nitrogen functional groups attached to an aromatic ring is 1. The number of hydrogen-bond donors (Lipinski definition) is 2. The minimum Gasteiger partial charge on any atom is -0.395 e.